The van der Waals surface area contributed by atoms with Crippen molar-refractivity contribution >= 4 is 88.6 Å². The van der Waals surface area contributed by atoms with E-state index in [1.54, 1.807) is 0 Å². The van der Waals surface area contributed by atoms with Gasteiger partial charge in [-0.2, -0.15) is 8.42 Å². The van der Waals surface area contributed by atoms with Crippen molar-refractivity contribution in [1.29, 1.82) is 0 Å². The van der Waals surface area contributed by atoms with Crippen LogP contribution in [0.25, 0.3) is 0 Å². The van der Waals surface area contributed by atoms with E-state index in [4.69, 9.17) is 4.55 Å². The van der Waals surface area contributed by atoms with Crippen LogP contribution in [0.2, 0.25) is 0 Å². The monoisotopic (exact) mass is 414 g/mol. The summed E-state index contributed by atoms with van der Waals surface area (Å²) < 4.78 is 29.4. The van der Waals surface area contributed by atoms with Gasteiger partial charge in [-0.25, -0.2) is 0 Å². The van der Waals surface area contributed by atoms with Crippen LogP contribution >= 0.6 is 0 Å². The van der Waals surface area contributed by atoms with Crippen LogP contribution < -0.4 is 0 Å². The summed E-state index contributed by atoms with van der Waals surface area (Å²) in [7, 11) is -3.73. The van der Waals surface area contributed by atoms with Gasteiger partial charge in [-0.1, -0.05) is 64.7 Å². The fourth-order valence-corrected chi connectivity index (χ4v) is 2.34. The van der Waals surface area contributed by atoms with Crippen molar-refractivity contribution in [2.75, 3.05) is 5.75 Å². The van der Waals surface area contributed by atoms with Crippen LogP contribution in [0.15, 0.2) is 0 Å². The fraction of sp³-hybridized carbons (Fsp3) is 1.00. The quantitative estimate of drug-likeness (QED) is 0.321. The molecule has 0 heterocycles. The average molecular weight is 414 g/mol. The summed E-state index contributed by atoms with van der Waals surface area (Å²) in [5.41, 5.74) is 0. The van der Waals surface area contributed by atoms with Gasteiger partial charge < -0.3 is 0 Å². The molecule has 0 bridgehead atoms. The van der Waals surface area contributed by atoms with E-state index >= 15 is 0 Å². The zero-order chi connectivity index (χ0) is 12.3. The third-order valence-electron chi connectivity index (χ3n) is 2.76. The third-order valence-corrected chi connectivity index (χ3v) is 3.56. The molecule has 0 saturated heterocycles. The van der Waals surface area contributed by atoms with E-state index in [0.717, 1.165) is 12.8 Å². The second-order valence-electron chi connectivity index (χ2n) is 4.47. The molecular weight excluding hydrogens is 385 g/mol. The van der Waals surface area contributed by atoms with Gasteiger partial charge in [0.25, 0.3) is 10.1 Å². The molecule has 0 atom stereocenters. The van der Waals surface area contributed by atoms with Crippen LogP contribution in [-0.2, 0) is 10.1 Å². The molecule has 1 N–H and O–H groups in total. The van der Waals surface area contributed by atoms with Gasteiger partial charge in [0.05, 0.1) is 5.75 Å². The van der Waals surface area contributed by atoms with E-state index < -0.39 is 10.1 Å². The molecule has 104 valence electrons. The summed E-state index contributed by atoms with van der Waals surface area (Å²) in [6.07, 6.45) is 11.7. The molecule has 0 saturated carbocycles. The van der Waals surface area contributed by atoms with Gasteiger partial charge in [0.1, 0.15) is 0 Å². The predicted octanol–water partition coefficient (Wildman–Crippen LogP) is 2.23. The van der Waals surface area contributed by atoms with Gasteiger partial charge in [-0.15, -0.1) is 0 Å². The fourth-order valence-electron chi connectivity index (χ4n) is 1.77. The Morgan fingerprint density at radius 2 is 1.11 bits per heavy atom. The zero-order valence-corrected chi connectivity index (χ0v) is 11.3. The van der Waals surface area contributed by atoms with Crippen molar-refractivity contribution in [3.8, 4) is 0 Å². The molecule has 18 heavy (non-hydrogen) atoms. The number of hydrogen-bond donors (Lipinski definition) is 1. The Kier molecular flexibility index (Phi) is 24.8. The first-order valence-electron chi connectivity index (χ1n) is 6.51. The average Bonchev–Trinajstić information content (AvgIpc) is 2.19. The minimum atomic E-state index is -3.73. The standard InChI is InChI=1S/C12H26O3S.Ba.Na.3H/c1-2-3-4-5-6-7-8-9-10-11-12-16(13,14)15;;;;;/h2-12H2,1H3,(H,13,14,15);;;;;. The van der Waals surface area contributed by atoms with E-state index in [1.165, 1.54) is 44.9 Å². The van der Waals surface area contributed by atoms with Crippen LogP contribution in [0.3, 0.4) is 0 Å². The second kappa shape index (κ2) is 17.5. The molecular formula is C12H29BaNaO3S. The van der Waals surface area contributed by atoms with Crippen LogP contribution in [0.1, 0.15) is 71.1 Å². The SMILES string of the molecule is CCCCCCCCCCCCS(=O)(=O)O.[BaH2].[NaH]. The summed E-state index contributed by atoms with van der Waals surface area (Å²) in [5, 5.41) is 0. The van der Waals surface area contributed by atoms with Crippen molar-refractivity contribution in [3.63, 3.8) is 0 Å². The Balaban J connectivity index is -0.00000112. The second-order valence-corrected chi connectivity index (χ2v) is 6.04. The van der Waals surface area contributed by atoms with Crippen molar-refractivity contribution in [3.05, 3.63) is 0 Å². The van der Waals surface area contributed by atoms with Crippen LogP contribution in [0, 0.1) is 0 Å². The van der Waals surface area contributed by atoms with Gasteiger partial charge >= 0.3 is 78.4 Å². The first kappa shape index (κ1) is 25.4. The predicted molar refractivity (Wildman–Crippen MR) is 84.0 cm³/mol. The Hall–Kier alpha value is 2.48. The molecule has 0 aromatic rings. The topological polar surface area (TPSA) is 54.4 Å². The van der Waals surface area contributed by atoms with Crippen LogP contribution in [0.4, 0.5) is 0 Å². The van der Waals surface area contributed by atoms with Crippen LogP contribution in [-0.4, -0.2) is 97.2 Å². The van der Waals surface area contributed by atoms with E-state index in [-0.39, 0.29) is 84.2 Å². The van der Waals surface area contributed by atoms with Crippen molar-refractivity contribution < 1.29 is 13.0 Å². The zero-order valence-electron chi connectivity index (χ0n) is 10.5. The molecule has 0 amide bonds. The van der Waals surface area contributed by atoms with E-state index in [9.17, 15) is 8.42 Å². The van der Waals surface area contributed by atoms with E-state index in [2.05, 4.69) is 6.92 Å². The summed E-state index contributed by atoms with van der Waals surface area (Å²) in [6.45, 7) is 2.22. The molecule has 0 aliphatic carbocycles. The van der Waals surface area contributed by atoms with E-state index in [1.807, 2.05) is 0 Å². The number of rotatable bonds is 11. The normalized spacial score (nSPS) is 10.6. The molecule has 0 unspecified atom stereocenters. The van der Waals surface area contributed by atoms with Gasteiger partial charge in [0.2, 0.25) is 0 Å². The molecule has 0 aliphatic heterocycles. The van der Waals surface area contributed by atoms with Crippen LogP contribution in [0.5, 0.6) is 0 Å². The molecule has 0 aliphatic rings. The third kappa shape index (κ3) is 23.6. The van der Waals surface area contributed by atoms with Crippen molar-refractivity contribution in [2.45, 2.75) is 71.1 Å². The molecule has 0 spiro atoms. The molecule has 0 rings (SSSR count). The molecule has 0 fully saturated rings. The summed E-state index contributed by atoms with van der Waals surface area (Å²) >= 11 is 0. The van der Waals surface area contributed by atoms with Gasteiger partial charge in [-0.05, 0) is 6.42 Å². The van der Waals surface area contributed by atoms with Crippen molar-refractivity contribution in [2.24, 2.45) is 0 Å². The first-order valence-corrected chi connectivity index (χ1v) is 8.12. The molecule has 0 radical (unpaired) electrons. The minimum absolute atomic E-state index is 0. The summed E-state index contributed by atoms with van der Waals surface area (Å²) in [5.74, 6) is -0.0799. The first-order chi connectivity index (χ1) is 7.56. The summed E-state index contributed by atoms with van der Waals surface area (Å²) in [6, 6.07) is 0. The Bertz CT molecular complexity index is 246. The summed E-state index contributed by atoms with van der Waals surface area (Å²) in [4.78, 5) is 0. The number of unbranched alkanes of at least 4 members (excludes halogenated alkanes) is 9. The Morgan fingerprint density at radius 1 is 0.778 bits per heavy atom. The van der Waals surface area contributed by atoms with Gasteiger partial charge in [-0.3, -0.25) is 4.55 Å². The Labute approximate surface area is 175 Å². The van der Waals surface area contributed by atoms with E-state index in [0.29, 0.717) is 6.42 Å². The molecule has 0 aromatic carbocycles. The molecule has 0 aromatic heterocycles. The van der Waals surface area contributed by atoms with Gasteiger partial charge in [0.15, 0.2) is 0 Å². The molecule has 3 nitrogen and oxygen atoms in total. The van der Waals surface area contributed by atoms with Gasteiger partial charge in [0, 0.05) is 0 Å². The maximum atomic E-state index is 10.4. The number of hydrogen-bond acceptors (Lipinski definition) is 2. The molecule has 6 heteroatoms. The van der Waals surface area contributed by atoms with Crippen molar-refractivity contribution in [1.82, 2.24) is 0 Å². The Morgan fingerprint density at radius 3 is 1.44 bits per heavy atom. The maximum absolute atomic E-state index is 10.4.